The maximum atomic E-state index is 13.2. The molecule has 2 aromatic carbocycles. The van der Waals surface area contributed by atoms with Crippen molar-refractivity contribution in [3.05, 3.63) is 148 Å². The first-order chi connectivity index (χ1) is 23.0. The molecule has 0 spiro atoms. The summed E-state index contributed by atoms with van der Waals surface area (Å²) in [5, 5.41) is 0. The molecule has 250 valence electrons. The first-order valence-corrected chi connectivity index (χ1v) is 16.2. The molecule has 2 heterocycles. The van der Waals surface area contributed by atoms with Crippen LogP contribution in [0.3, 0.4) is 0 Å². The zero-order valence-corrected chi connectivity index (χ0v) is 28.0. The number of hydrogen-bond acceptors (Lipinski definition) is 6. The molecule has 0 saturated carbocycles. The fraction of sp³-hybridized carbons (Fsp3) is 0.316. The highest BCUT2D eigenvalue weighted by atomic mass is 16.2. The Kier molecular flexibility index (Phi) is 12.2. The molecule has 0 unspecified atom stereocenters. The summed E-state index contributed by atoms with van der Waals surface area (Å²) in [6.45, 7) is 0. The molecule has 0 atom stereocenters. The van der Waals surface area contributed by atoms with E-state index in [-0.39, 0.29) is 11.1 Å². The Bertz CT molecular complexity index is 1930. The molecule has 4 aromatic rings. The lowest BCUT2D eigenvalue weighted by Gasteiger charge is -2.14. The Labute approximate surface area is 278 Å². The van der Waals surface area contributed by atoms with E-state index in [4.69, 9.17) is 0 Å². The van der Waals surface area contributed by atoms with Crippen molar-refractivity contribution in [2.24, 2.45) is 28.2 Å². The van der Waals surface area contributed by atoms with E-state index < -0.39 is 34.1 Å². The second-order valence-electron chi connectivity index (χ2n) is 11.9. The predicted molar refractivity (Wildman–Crippen MR) is 189 cm³/mol. The van der Waals surface area contributed by atoms with E-state index in [1.807, 2.05) is 60.7 Å². The second kappa shape index (κ2) is 16.4. The summed E-state index contributed by atoms with van der Waals surface area (Å²) in [5.41, 5.74) is 0.373. The van der Waals surface area contributed by atoms with Gasteiger partial charge in [0.25, 0.3) is 11.1 Å². The third kappa shape index (κ3) is 8.31. The van der Waals surface area contributed by atoms with Gasteiger partial charge in [-0.05, 0) is 49.0 Å². The molecule has 0 radical (unpaired) electrons. The number of ketones is 2. The van der Waals surface area contributed by atoms with Crippen molar-refractivity contribution in [3.8, 4) is 0 Å². The van der Waals surface area contributed by atoms with Gasteiger partial charge < -0.3 is 0 Å². The molecule has 2 aromatic heterocycles. The van der Waals surface area contributed by atoms with E-state index in [1.54, 1.807) is 26.2 Å². The van der Waals surface area contributed by atoms with Crippen LogP contribution in [0.4, 0.5) is 0 Å². The van der Waals surface area contributed by atoms with Gasteiger partial charge in [-0.15, -0.1) is 0 Å². The highest BCUT2D eigenvalue weighted by Crippen LogP contribution is 2.15. The highest BCUT2D eigenvalue weighted by Gasteiger charge is 2.21. The van der Waals surface area contributed by atoms with Gasteiger partial charge in [0, 0.05) is 39.6 Å². The number of aromatic nitrogens is 4. The van der Waals surface area contributed by atoms with Crippen molar-refractivity contribution in [1.29, 1.82) is 0 Å². The van der Waals surface area contributed by atoms with E-state index in [2.05, 4.69) is 0 Å². The Hall–Kier alpha value is -5.38. The smallest absolute Gasteiger partial charge is 0.300 e. The number of benzene rings is 2. The van der Waals surface area contributed by atoms with E-state index in [1.165, 1.54) is 35.4 Å². The Morgan fingerprint density at radius 1 is 0.500 bits per heavy atom. The highest BCUT2D eigenvalue weighted by molar-refractivity contribution is 6.08. The van der Waals surface area contributed by atoms with Gasteiger partial charge >= 0.3 is 11.4 Å². The minimum absolute atomic E-state index is 0.00959. The van der Waals surface area contributed by atoms with Gasteiger partial charge in [-0.1, -0.05) is 98.5 Å². The largest absolute Gasteiger partial charge is 0.330 e. The molecule has 0 amide bonds. The molecule has 0 saturated heterocycles. The average molecular weight is 651 g/mol. The Morgan fingerprint density at radius 3 is 1.19 bits per heavy atom. The Balaban J connectivity index is 1.36. The number of carbonyl (C=O) groups is 2. The van der Waals surface area contributed by atoms with Gasteiger partial charge in [0.2, 0.25) is 0 Å². The average Bonchev–Trinajstić information content (AvgIpc) is 3.10. The fourth-order valence-electron chi connectivity index (χ4n) is 5.78. The van der Waals surface area contributed by atoms with Crippen LogP contribution < -0.4 is 22.5 Å². The summed E-state index contributed by atoms with van der Waals surface area (Å²) >= 11 is 0. The Morgan fingerprint density at radius 2 is 0.833 bits per heavy atom. The number of hydrogen-bond donors (Lipinski definition) is 0. The topological polar surface area (TPSA) is 122 Å². The van der Waals surface area contributed by atoms with E-state index in [0.717, 1.165) is 45.9 Å². The van der Waals surface area contributed by atoms with Gasteiger partial charge in [0.1, 0.15) is 11.1 Å². The SMILES string of the molecule is Cn1c(CCCCCCCCc2c(C(=O)/C=C/c3ccccc3)c(=O)n(C)c(=O)n2C)c(C(=O)/C=C\c2ccccc2)c(=O)n(C)c1=O. The van der Waals surface area contributed by atoms with Crippen molar-refractivity contribution < 1.29 is 9.59 Å². The lowest BCUT2D eigenvalue weighted by atomic mass is 10.0. The van der Waals surface area contributed by atoms with Crippen molar-refractivity contribution >= 4 is 23.7 Å². The monoisotopic (exact) mass is 650 g/mol. The second-order valence-corrected chi connectivity index (χ2v) is 11.9. The van der Waals surface area contributed by atoms with Crippen LogP contribution in [0.15, 0.2) is 92.0 Å². The summed E-state index contributed by atoms with van der Waals surface area (Å²) in [6, 6.07) is 18.6. The number of allylic oxidation sites excluding steroid dienone is 2. The fourth-order valence-corrected chi connectivity index (χ4v) is 5.78. The molecule has 0 fully saturated rings. The third-order valence-corrected chi connectivity index (χ3v) is 8.60. The van der Waals surface area contributed by atoms with Crippen LogP contribution in [0.2, 0.25) is 0 Å². The molecular formula is C38H42N4O6. The number of carbonyl (C=O) groups excluding carboxylic acids is 2. The molecule has 48 heavy (non-hydrogen) atoms. The molecule has 10 heteroatoms. The van der Waals surface area contributed by atoms with Gasteiger partial charge in [-0.3, -0.25) is 37.4 Å². The molecular weight excluding hydrogens is 608 g/mol. The molecule has 0 aliphatic heterocycles. The summed E-state index contributed by atoms with van der Waals surface area (Å²) in [4.78, 5) is 77.7. The van der Waals surface area contributed by atoms with Crippen molar-refractivity contribution in [3.63, 3.8) is 0 Å². The zero-order chi connectivity index (χ0) is 34.8. The van der Waals surface area contributed by atoms with Gasteiger partial charge in [-0.2, -0.15) is 0 Å². The van der Waals surface area contributed by atoms with Gasteiger partial charge in [-0.25, -0.2) is 9.59 Å². The lowest BCUT2D eigenvalue weighted by molar-refractivity contribution is 0.103. The normalized spacial score (nSPS) is 11.5. The van der Waals surface area contributed by atoms with E-state index in [0.29, 0.717) is 37.1 Å². The molecule has 0 N–H and O–H groups in total. The minimum atomic E-state index is -0.602. The van der Waals surface area contributed by atoms with Crippen molar-refractivity contribution in [2.45, 2.75) is 51.4 Å². The van der Waals surface area contributed by atoms with Crippen LogP contribution >= 0.6 is 0 Å². The van der Waals surface area contributed by atoms with Crippen LogP contribution in [0, 0.1) is 0 Å². The zero-order valence-electron chi connectivity index (χ0n) is 28.0. The summed E-state index contributed by atoms with van der Waals surface area (Å²) in [7, 11) is 5.90. The number of unbranched alkanes of at least 4 members (excludes halogenated alkanes) is 5. The maximum absolute atomic E-state index is 13.2. The maximum Gasteiger partial charge on any atom is 0.330 e. The van der Waals surface area contributed by atoms with Gasteiger partial charge in [0.05, 0.1) is 0 Å². The molecule has 0 aliphatic carbocycles. The summed E-state index contributed by atoms with van der Waals surface area (Å²) in [5.74, 6) is -0.882. The van der Waals surface area contributed by atoms with Crippen molar-refractivity contribution in [1.82, 2.24) is 18.3 Å². The third-order valence-electron chi connectivity index (χ3n) is 8.60. The van der Waals surface area contributed by atoms with Gasteiger partial charge in [0.15, 0.2) is 11.6 Å². The standard InChI is InChI=1S/C38H42N4O6/c1-39-29(33(35(45)41(3)37(39)47)31(43)25-23-27-17-11-9-12-18-27)21-15-7-5-6-8-16-22-30-34(36(46)42(4)38(48)40(30)2)32(44)26-24-28-19-13-10-14-20-28/h9-14,17-20,23-26H,5-8,15-16,21-22H2,1-4H3/b25-23-,26-24+. The van der Waals surface area contributed by atoms with E-state index >= 15 is 0 Å². The molecule has 4 rings (SSSR count). The van der Waals surface area contributed by atoms with Crippen LogP contribution in [0.25, 0.3) is 12.2 Å². The van der Waals surface area contributed by atoms with E-state index in [9.17, 15) is 28.8 Å². The minimum Gasteiger partial charge on any atom is -0.300 e. The lowest BCUT2D eigenvalue weighted by Crippen LogP contribution is -2.42. The molecule has 10 nitrogen and oxygen atoms in total. The molecule has 0 bridgehead atoms. The van der Waals surface area contributed by atoms with Crippen LogP contribution in [0.5, 0.6) is 0 Å². The molecule has 0 aliphatic rings. The predicted octanol–water partition coefficient (Wildman–Crippen LogP) is 4.40. The summed E-state index contributed by atoms with van der Waals surface area (Å²) < 4.78 is 4.69. The first kappa shape index (κ1) is 35.5. The summed E-state index contributed by atoms with van der Waals surface area (Å²) in [6.07, 6.45) is 11.6. The van der Waals surface area contributed by atoms with Crippen LogP contribution in [0.1, 0.15) is 81.8 Å². The van der Waals surface area contributed by atoms with Crippen molar-refractivity contribution in [2.75, 3.05) is 0 Å². The first-order valence-electron chi connectivity index (χ1n) is 16.2. The quantitative estimate of drug-likeness (QED) is 0.107. The van der Waals surface area contributed by atoms with Crippen LogP contribution in [-0.4, -0.2) is 29.8 Å². The number of rotatable bonds is 15. The number of nitrogens with zero attached hydrogens (tertiary/aromatic N) is 4. The van der Waals surface area contributed by atoms with Crippen LogP contribution in [-0.2, 0) is 41.0 Å².